The molecule has 1 rings (SSSR count). The number of hydrogen-bond acceptors (Lipinski definition) is 3. The molecule has 76 valence electrons. The Morgan fingerprint density at radius 2 is 2.31 bits per heavy atom. The molecule has 1 fully saturated rings. The standard InChI is InChI=1S/C10H20N2O/c1-11-7-3-2-4-9-5-6-10(8-13)12-9/h8-12H,2-7H2,1H3. The molecule has 0 aromatic carbocycles. The summed E-state index contributed by atoms with van der Waals surface area (Å²) in [6, 6.07) is 0.723. The first-order chi connectivity index (χ1) is 6.36. The molecule has 0 amide bonds. The summed E-state index contributed by atoms with van der Waals surface area (Å²) in [5, 5.41) is 6.47. The molecule has 2 unspecified atom stereocenters. The summed E-state index contributed by atoms with van der Waals surface area (Å²) in [4.78, 5) is 10.5. The van der Waals surface area contributed by atoms with Crippen LogP contribution in [-0.2, 0) is 4.79 Å². The summed E-state index contributed by atoms with van der Waals surface area (Å²) < 4.78 is 0. The molecule has 13 heavy (non-hydrogen) atoms. The van der Waals surface area contributed by atoms with Crippen molar-refractivity contribution in [2.45, 2.75) is 44.2 Å². The third kappa shape index (κ3) is 3.87. The molecule has 0 spiro atoms. The van der Waals surface area contributed by atoms with Gasteiger partial charge in [-0.2, -0.15) is 0 Å². The average molecular weight is 184 g/mol. The van der Waals surface area contributed by atoms with Gasteiger partial charge in [-0.25, -0.2) is 0 Å². The SMILES string of the molecule is CNCCCCC1CCC(C=O)N1. The molecule has 0 aliphatic carbocycles. The molecule has 3 heteroatoms. The van der Waals surface area contributed by atoms with Gasteiger partial charge in [0.25, 0.3) is 0 Å². The van der Waals surface area contributed by atoms with Gasteiger partial charge in [0.1, 0.15) is 6.29 Å². The first kappa shape index (κ1) is 10.7. The van der Waals surface area contributed by atoms with Gasteiger partial charge in [-0.3, -0.25) is 0 Å². The normalized spacial score (nSPS) is 27.8. The zero-order valence-electron chi connectivity index (χ0n) is 8.38. The zero-order chi connectivity index (χ0) is 9.52. The summed E-state index contributed by atoms with van der Waals surface area (Å²) in [7, 11) is 1.98. The molecule has 0 aromatic heterocycles. The maximum absolute atomic E-state index is 10.5. The second kappa shape index (κ2) is 6.11. The smallest absolute Gasteiger partial charge is 0.136 e. The van der Waals surface area contributed by atoms with E-state index in [1.807, 2.05) is 7.05 Å². The van der Waals surface area contributed by atoms with Crippen molar-refractivity contribution in [3.05, 3.63) is 0 Å². The Labute approximate surface area is 80.3 Å². The number of carbonyl (C=O) groups excluding carboxylic acids is 1. The van der Waals surface area contributed by atoms with Crippen molar-refractivity contribution in [1.29, 1.82) is 0 Å². The highest BCUT2D eigenvalue weighted by atomic mass is 16.1. The third-order valence-electron chi connectivity index (χ3n) is 2.67. The lowest BCUT2D eigenvalue weighted by Gasteiger charge is -2.10. The predicted molar refractivity (Wildman–Crippen MR) is 53.8 cm³/mol. The minimum atomic E-state index is 0.134. The topological polar surface area (TPSA) is 41.1 Å². The lowest BCUT2D eigenvalue weighted by atomic mass is 10.1. The van der Waals surface area contributed by atoms with Crippen LogP contribution in [0.5, 0.6) is 0 Å². The lowest BCUT2D eigenvalue weighted by molar-refractivity contribution is -0.109. The van der Waals surface area contributed by atoms with Gasteiger partial charge >= 0.3 is 0 Å². The van der Waals surface area contributed by atoms with Crippen LogP contribution in [0.25, 0.3) is 0 Å². The summed E-state index contributed by atoms with van der Waals surface area (Å²) in [6.07, 6.45) is 6.94. The Morgan fingerprint density at radius 3 is 2.92 bits per heavy atom. The highest BCUT2D eigenvalue weighted by Gasteiger charge is 2.21. The van der Waals surface area contributed by atoms with Crippen LogP contribution in [0.15, 0.2) is 0 Å². The number of hydrogen-bond donors (Lipinski definition) is 2. The van der Waals surface area contributed by atoms with Crippen molar-refractivity contribution in [2.75, 3.05) is 13.6 Å². The number of carbonyl (C=O) groups is 1. The molecule has 2 atom stereocenters. The summed E-state index contributed by atoms with van der Waals surface area (Å²) in [5.74, 6) is 0. The monoisotopic (exact) mass is 184 g/mol. The van der Waals surface area contributed by atoms with E-state index in [2.05, 4.69) is 10.6 Å². The van der Waals surface area contributed by atoms with E-state index in [1.54, 1.807) is 0 Å². The Bertz CT molecular complexity index is 150. The number of aldehydes is 1. The molecule has 0 bridgehead atoms. The molecule has 0 aromatic rings. The Kier molecular flexibility index (Phi) is 5.01. The van der Waals surface area contributed by atoms with Gasteiger partial charge in [0.2, 0.25) is 0 Å². The minimum absolute atomic E-state index is 0.134. The van der Waals surface area contributed by atoms with E-state index >= 15 is 0 Å². The van der Waals surface area contributed by atoms with E-state index in [0.29, 0.717) is 6.04 Å². The van der Waals surface area contributed by atoms with Gasteiger partial charge in [-0.1, -0.05) is 6.42 Å². The van der Waals surface area contributed by atoms with Crippen LogP contribution in [0.3, 0.4) is 0 Å². The zero-order valence-corrected chi connectivity index (χ0v) is 8.38. The maximum Gasteiger partial charge on any atom is 0.136 e. The average Bonchev–Trinajstić information content (AvgIpc) is 2.60. The van der Waals surface area contributed by atoms with Crippen molar-refractivity contribution in [3.63, 3.8) is 0 Å². The van der Waals surface area contributed by atoms with Crippen LogP contribution in [0.4, 0.5) is 0 Å². The fraction of sp³-hybridized carbons (Fsp3) is 0.900. The predicted octanol–water partition coefficient (Wildman–Crippen LogP) is 0.696. The molecule has 1 aliphatic heterocycles. The van der Waals surface area contributed by atoms with Crippen LogP contribution in [-0.4, -0.2) is 32.0 Å². The molecule has 1 heterocycles. The third-order valence-corrected chi connectivity index (χ3v) is 2.67. The second-order valence-electron chi connectivity index (χ2n) is 3.78. The highest BCUT2D eigenvalue weighted by Crippen LogP contribution is 2.15. The molecule has 0 saturated carbocycles. The first-order valence-corrected chi connectivity index (χ1v) is 5.22. The molecule has 1 saturated heterocycles. The molecule has 1 aliphatic rings. The Balaban J connectivity index is 2.00. The van der Waals surface area contributed by atoms with Crippen LogP contribution in [0.2, 0.25) is 0 Å². The number of unbranched alkanes of at least 4 members (excludes halogenated alkanes) is 1. The Hall–Kier alpha value is -0.410. The fourth-order valence-corrected chi connectivity index (χ4v) is 1.88. The summed E-state index contributed by atoms with van der Waals surface area (Å²) in [6.45, 7) is 1.10. The summed E-state index contributed by atoms with van der Waals surface area (Å²) in [5.41, 5.74) is 0. The fourth-order valence-electron chi connectivity index (χ4n) is 1.88. The van der Waals surface area contributed by atoms with Crippen molar-refractivity contribution < 1.29 is 4.79 Å². The van der Waals surface area contributed by atoms with Crippen LogP contribution in [0, 0.1) is 0 Å². The minimum Gasteiger partial charge on any atom is -0.320 e. The molecule has 0 radical (unpaired) electrons. The van der Waals surface area contributed by atoms with Crippen molar-refractivity contribution in [3.8, 4) is 0 Å². The largest absolute Gasteiger partial charge is 0.320 e. The van der Waals surface area contributed by atoms with E-state index in [0.717, 1.165) is 19.3 Å². The van der Waals surface area contributed by atoms with E-state index in [1.165, 1.54) is 25.7 Å². The number of nitrogens with one attached hydrogen (secondary N) is 2. The molecule has 3 nitrogen and oxygen atoms in total. The van der Waals surface area contributed by atoms with Gasteiger partial charge < -0.3 is 15.4 Å². The maximum atomic E-state index is 10.5. The second-order valence-corrected chi connectivity index (χ2v) is 3.78. The Morgan fingerprint density at radius 1 is 1.46 bits per heavy atom. The van der Waals surface area contributed by atoms with Gasteiger partial charge in [0, 0.05) is 6.04 Å². The van der Waals surface area contributed by atoms with Crippen LogP contribution in [0.1, 0.15) is 32.1 Å². The quantitative estimate of drug-likeness (QED) is 0.471. The van der Waals surface area contributed by atoms with Crippen LogP contribution < -0.4 is 10.6 Å². The molecular formula is C10H20N2O. The van der Waals surface area contributed by atoms with Crippen molar-refractivity contribution >= 4 is 6.29 Å². The van der Waals surface area contributed by atoms with Crippen molar-refractivity contribution in [1.82, 2.24) is 10.6 Å². The molecular weight excluding hydrogens is 164 g/mol. The highest BCUT2D eigenvalue weighted by molar-refractivity contribution is 5.58. The molecule has 2 N–H and O–H groups in total. The van der Waals surface area contributed by atoms with Gasteiger partial charge in [-0.15, -0.1) is 0 Å². The van der Waals surface area contributed by atoms with Gasteiger partial charge in [0.15, 0.2) is 0 Å². The lowest BCUT2D eigenvalue weighted by Crippen LogP contribution is -2.30. The van der Waals surface area contributed by atoms with Gasteiger partial charge in [0.05, 0.1) is 6.04 Å². The first-order valence-electron chi connectivity index (χ1n) is 5.22. The van der Waals surface area contributed by atoms with E-state index in [9.17, 15) is 4.79 Å². The van der Waals surface area contributed by atoms with E-state index in [4.69, 9.17) is 0 Å². The van der Waals surface area contributed by atoms with Gasteiger partial charge in [-0.05, 0) is 39.3 Å². The summed E-state index contributed by atoms with van der Waals surface area (Å²) >= 11 is 0. The van der Waals surface area contributed by atoms with Crippen molar-refractivity contribution in [2.24, 2.45) is 0 Å². The van der Waals surface area contributed by atoms with E-state index < -0.39 is 0 Å². The number of rotatable bonds is 6. The van der Waals surface area contributed by atoms with E-state index in [-0.39, 0.29) is 6.04 Å². The van der Waals surface area contributed by atoms with Crippen LogP contribution >= 0.6 is 0 Å².